The van der Waals surface area contributed by atoms with Crippen molar-refractivity contribution in [1.82, 2.24) is 15.2 Å². The lowest BCUT2D eigenvalue weighted by molar-refractivity contribution is 0.238. The molecule has 4 heteroatoms. The summed E-state index contributed by atoms with van der Waals surface area (Å²) in [5, 5.41) is 7.04. The lowest BCUT2D eigenvalue weighted by Crippen LogP contribution is -2.40. The fraction of sp³-hybridized carbons (Fsp3) is 0.769. The molecule has 0 saturated carbocycles. The summed E-state index contributed by atoms with van der Waals surface area (Å²) in [4.78, 5) is 7.11. The largest absolute Gasteiger partial charge is 0.312 e. The van der Waals surface area contributed by atoms with E-state index in [4.69, 9.17) is 0 Å². The van der Waals surface area contributed by atoms with Gasteiger partial charge in [0.2, 0.25) is 0 Å². The smallest absolute Gasteiger partial charge is 0.107 e. The molecule has 1 fully saturated rings. The van der Waals surface area contributed by atoms with Gasteiger partial charge in [-0.05, 0) is 32.4 Å². The molecule has 1 atom stereocenters. The number of nitrogens with zero attached hydrogens (tertiary/aromatic N) is 2. The standard InChI is InChI=1S/C13H23N3S/c1-10(2)12-7-16(6-4-5-14-12)8-13-15-11(3)9-17-13/h9-10,12,14H,4-8H2,1-3H3. The van der Waals surface area contributed by atoms with Gasteiger partial charge in [-0.25, -0.2) is 4.98 Å². The van der Waals surface area contributed by atoms with Crippen LogP contribution < -0.4 is 5.32 Å². The third kappa shape index (κ3) is 3.76. The van der Waals surface area contributed by atoms with E-state index in [1.165, 1.54) is 18.0 Å². The van der Waals surface area contributed by atoms with E-state index in [9.17, 15) is 0 Å². The number of nitrogens with one attached hydrogen (secondary N) is 1. The van der Waals surface area contributed by atoms with Gasteiger partial charge in [-0.15, -0.1) is 11.3 Å². The molecule has 3 nitrogen and oxygen atoms in total. The normalized spacial score (nSPS) is 22.9. The van der Waals surface area contributed by atoms with Gasteiger partial charge in [0.05, 0.1) is 6.54 Å². The number of thiazole rings is 1. The highest BCUT2D eigenvalue weighted by molar-refractivity contribution is 7.09. The lowest BCUT2D eigenvalue weighted by atomic mass is 10.0. The Morgan fingerprint density at radius 3 is 3.06 bits per heavy atom. The summed E-state index contributed by atoms with van der Waals surface area (Å²) in [7, 11) is 0. The first-order valence-electron chi connectivity index (χ1n) is 6.52. The van der Waals surface area contributed by atoms with Gasteiger partial charge in [0, 0.05) is 23.7 Å². The Morgan fingerprint density at radius 1 is 1.59 bits per heavy atom. The van der Waals surface area contributed by atoms with Gasteiger partial charge in [0.1, 0.15) is 5.01 Å². The Labute approximate surface area is 108 Å². The predicted molar refractivity (Wildman–Crippen MR) is 73.4 cm³/mol. The number of aryl methyl sites for hydroxylation is 1. The topological polar surface area (TPSA) is 28.2 Å². The first-order chi connectivity index (χ1) is 8.15. The highest BCUT2D eigenvalue weighted by Crippen LogP contribution is 2.15. The Bertz CT molecular complexity index is 348. The number of rotatable bonds is 3. The van der Waals surface area contributed by atoms with Crippen molar-refractivity contribution in [3.63, 3.8) is 0 Å². The Kier molecular flexibility index (Phi) is 4.54. The zero-order valence-corrected chi connectivity index (χ0v) is 11.9. The molecule has 1 unspecified atom stereocenters. The zero-order chi connectivity index (χ0) is 12.3. The molecule has 1 aliphatic rings. The van der Waals surface area contributed by atoms with Crippen LogP contribution in [-0.4, -0.2) is 35.6 Å². The van der Waals surface area contributed by atoms with E-state index in [1.54, 1.807) is 11.3 Å². The summed E-state index contributed by atoms with van der Waals surface area (Å²) in [5.74, 6) is 0.702. The summed E-state index contributed by atoms with van der Waals surface area (Å²) < 4.78 is 0. The van der Waals surface area contributed by atoms with Crippen molar-refractivity contribution in [3.05, 3.63) is 16.1 Å². The molecule has 0 spiro atoms. The lowest BCUT2D eigenvalue weighted by Gasteiger charge is -2.26. The maximum absolute atomic E-state index is 4.56. The van der Waals surface area contributed by atoms with Gasteiger partial charge in [-0.2, -0.15) is 0 Å². The van der Waals surface area contributed by atoms with Crippen molar-refractivity contribution in [2.24, 2.45) is 5.92 Å². The highest BCUT2D eigenvalue weighted by atomic mass is 32.1. The molecule has 17 heavy (non-hydrogen) atoms. The number of aromatic nitrogens is 1. The van der Waals surface area contributed by atoms with Gasteiger partial charge in [0.25, 0.3) is 0 Å². The monoisotopic (exact) mass is 253 g/mol. The van der Waals surface area contributed by atoms with Crippen LogP contribution in [0, 0.1) is 12.8 Å². The molecule has 1 N–H and O–H groups in total. The van der Waals surface area contributed by atoms with Gasteiger partial charge in [0.15, 0.2) is 0 Å². The summed E-state index contributed by atoms with van der Waals surface area (Å²) in [5.41, 5.74) is 1.15. The van der Waals surface area contributed by atoms with Gasteiger partial charge in [-0.1, -0.05) is 13.8 Å². The average molecular weight is 253 g/mol. The summed E-state index contributed by atoms with van der Waals surface area (Å²) in [6.07, 6.45) is 1.24. The maximum atomic E-state index is 4.56. The minimum absolute atomic E-state index is 0.624. The molecule has 1 aromatic heterocycles. The van der Waals surface area contributed by atoms with Gasteiger partial charge >= 0.3 is 0 Å². The molecule has 0 bridgehead atoms. The first-order valence-corrected chi connectivity index (χ1v) is 7.40. The van der Waals surface area contributed by atoms with Crippen LogP contribution in [0.5, 0.6) is 0 Å². The number of hydrogen-bond acceptors (Lipinski definition) is 4. The second-order valence-electron chi connectivity index (χ2n) is 5.28. The first kappa shape index (κ1) is 13.0. The van der Waals surface area contributed by atoms with Crippen LogP contribution in [0.15, 0.2) is 5.38 Å². The van der Waals surface area contributed by atoms with Gasteiger partial charge < -0.3 is 5.32 Å². The minimum Gasteiger partial charge on any atom is -0.312 e. The van der Waals surface area contributed by atoms with E-state index in [0.29, 0.717) is 12.0 Å². The van der Waals surface area contributed by atoms with Crippen LogP contribution in [0.25, 0.3) is 0 Å². The highest BCUT2D eigenvalue weighted by Gasteiger charge is 2.20. The van der Waals surface area contributed by atoms with Crippen LogP contribution in [0.3, 0.4) is 0 Å². The average Bonchev–Trinajstić information content (AvgIpc) is 2.54. The van der Waals surface area contributed by atoms with Crippen LogP contribution >= 0.6 is 11.3 Å². The van der Waals surface area contributed by atoms with Crippen molar-refractivity contribution < 1.29 is 0 Å². The van der Waals surface area contributed by atoms with E-state index >= 15 is 0 Å². The zero-order valence-electron chi connectivity index (χ0n) is 11.1. The van der Waals surface area contributed by atoms with Crippen LogP contribution in [0.1, 0.15) is 31.0 Å². The molecule has 0 radical (unpaired) electrons. The second kappa shape index (κ2) is 5.94. The molecule has 2 rings (SSSR count). The van der Waals surface area contributed by atoms with E-state index in [-0.39, 0.29) is 0 Å². The fourth-order valence-corrected chi connectivity index (χ4v) is 3.09. The fourth-order valence-electron chi connectivity index (χ4n) is 2.28. The van der Waals surface area contributed by atoms with E-state index in [2.05, 4.69) is 41.4 Å². The Balaban J connectivity index is 1.94. The van der Waals surface area contributed by atoms with E-state index in [1.807, 2.05) is 0 Å². The van der Waals surface area contributed by atoms with Crippen molar-refractivity contribution in [2.45, 2.75) is 39.8 Å². The van der Waals surface area contributed by atoms with E-state index in [0.717, 1.165) is 25.3 Å². The van der Waals surface area contributed by atoms with E-state index < -0.39 is 0 Å². The molecule has 1 saturated heterocycles. The second-order valence-corrected chi connectivity index (χ2v) is 6.22. The van der Waals surface area contributed by atoms with Crippen LogP contribution in [0.4, 0.5) is 0 Å². The van der Waals surface area contributed by atoms with Crippen molar-refractivity contribution >= 4 is 11.3 Å². The molecule has 0 aliphatic carbocycles. The molecule has 0 aromatic carbocycles. The molecule has 0 amide bonds. The SMILES string of the molecule is Cc1csc(CN2CCCNC(C(C)C)C2)n1. The van der Waals surface area contributed by atoms with Crippen LogP contribution in [0.2, 0.25) is 0 Å². The van der Waals surface area contributed by atoms with Crippen molar-refractivity contribution in [2.75, 3.05) is 19.6 Å². The summed E-state index contributed by atoms with van der Waals surface area (Å²) in [6.45, 7) is 11.2. The Morgan fingerprint density at radius 2 is 2.41 bits per heavy atom. The third-order valence-corrected chi connectivity index (χ3v) is 4.29. The molecule has 1 aliphatic heterocycles. The molecule has 1 aromatic rings. The summed E-state index contributed by atoms with van der Waals surface area (Å²) in [6, 6.07) is 0.624. The van der Waals surface area contributed by atoms with Crippen molar-refractivity contribution in [1.29, 1.82) is 0 Å². The Hall–Kier alpha value is -0.450. The number of hydrogen-bond donors (Lipinski definition) is 1. The third-order valence-electron chi connectivity index (χ3n) is 3.34. The molecule has 2 heterocycles. The van der Waals surface area contributed by atoms with Crippen LogP contribution in [-0.2, 0) is 6.54 Å². The van der Waals surface area contributed by atoms with Crippen molar-refractivity contribution in [3.8, 4) is 0 Å². The molecular weight excluding hydrogens is 230 g/mol. The van der Waals surface area contributed by atoms with Gasteiger partial charge in [-0.3, -0.25) is 4.90 Å². The molecule has 96 valence electrons. The minimum atomic E-state index is 0.624. The summed E-state index contributed by atoms with van der Waals surface area (Å²) >= 11 is 1.79. The quantitative estimate of drug-likeness (QED) is 0.895. The maximum Gasteiger partial charge on any atom is 0.107 e. The molecular formula is C13H23N3S. The predicted octanol–water partition coefficient (Wildman–Crippen LogP) is 2.27.